The minimum absolute atomic E-state index is 0.0410. The van der Waals surface area contributed by atoms with Crippen molar-refractivity contribution in [3.05, 3.63) is 35.9 Å². The SMILES string of the molecule is CC(C)C(=O)N1CCCC1C(=O)NC(CCCO)c1ccccc1. The maximum atomic E-state index is 12.8. The maximum Gasteiger partial charge on any atom is 0.243 e. The quantitative estimate of drug-likeness (QED) is 0.805. The van der Waals surface area contributed by atoms with Gasteiger partial charge in [0.15, 0.2) is 0 Å². The average Bonchev–Trinajstić information content (AvgIpc) is 3.08. The zero-order valence-corrected chi connectivity index (χ0v) is 14.6. The zero-order chi connectivity index (χ0) is 17.5. The van der Waals surface area contributed by atoms with E-state index in [1.54, 1.807) is 4.90 Å². The molecule has 1 heterocycles. The van der Waals surface area contributed by atoms with Crippen LogP contribution in [-0.4, -0.2) is 41.0 Å². The first-order valence-corrected chi connectivity index (χ1v) is 8.81. The highest BCUT2D eigenvalue weighted by Crippen LogP contribution is 2.23. The van der Waals surface area contributed by atoms with E-state index < -0.39 is 0 Å². The molecule has 0 bridgehead atoms. The highest BCUT2D eigenvalue weighted by Gasteiger charge is 2.35. The molecule has 0 saturated carbocycles. The monoisotopic (exact) mass is 332 g/mol. The first kappa shape index (κ1) is 18.5. The van der Waals surface area contributed by atoms with Crippen LogP contribution in [0.2, 0.25) is 0 Å². The van der Waals surface area contributed by atoms with Crippen LogP contribution >= 0.6 is 0 Å². The van der Waals surface area contributed by atoms with E-state index in [0.29, 0.717) is 25.8 Å². The Morgan fingerprint density at radius 3 is 2.62 bits per heavy atom. The van der Waals surface area contributed by atoms with E-state index >= 15 is 0 Å². The van der Waals surface area contributed by atoms with Gasteiger partial charge in [-0.15, -0.1) is 0 Å². The molecular weight excluding hydrogens is 304 g/mol. The van der Waals surface area contributed by atoms with E-state index in [0.717, 1.165) is 12.0 Å². The van der Waals surface area contributed by atoms with Crippen LogP contribution < -0.4 is 5.32 Å². The Bertz CT molecular complexity index is 545. The zero-order valence-electron chi connectivity index (χ0n) is 14.6. The molecule has 1 aromatic carbocycles. The summed E-state index contributed by atoms with van der Waals surface area (Å²) >= 11 is 0. The van der Waals surface area contributed by atoms with Gasteiger partial charge in [0.05, 0.1) is 6.04 Å². The summed E-state index contributed by atoms with van der Waals surface area (Å²) in [4.78, 5) is 26.8. The maximum absolute atomic E-state index is 12.8. The van der Waals surface area contributed by atoms with Gasteiger partial charge in [-0.1, -0.05) is 44.2 Å². The molecule has 0 spiro atoms. The molecule has 5 nitrogen and oxygen atoms in total. The molecule has 2 N–H and O–H groups in total. The second-order valence-corrected chi connectivity index (χ2v) is 6.68. The molecule has 24 heavy (non-hydrogen) atoms. The third kappa shape index (κ3) is 4.57. The van der Waals surface area contributed by atoms with Gasteiger partial charge in [0.1, 0.15) is 6.04 Å². The van der Waals surface area contributed by atoms with Crippen molar-refractivity contribution in [3.8, 4) is 0 Å². The number of aliphatic hydroxyl groups excluding tert-OH is 1. The Morgan fingerprint density at radius 1 is 1.29 bits per heavy atom. The number of nitrogens with zero attached hydrogens (tertiary/aromatic N) is 1. The molecule has 2 atom stereocenters. The van der Waals surface area contributed by atoms with Crippen molar-refractivity contribution in [3.63, 3.8) is 0 Å². The predicted molar refractivity (Wildman–Crippen MR) is 93.2 cm³/mol. The minimum Gasteiger partial charge on any atom is -0.396 e. The highest BCUT2D eigenvalue weighted by molar-refractivity contribution is 5.89. The van der Waals surface area contributed by atoms with Crippen molar-refractivity contribution in [2.75, 3.05) is 13.2 Å². The summed E-state index contributed by atoms with van der Waals surface area (Å²) < 4.78 is 0. The molecule has 0 radical (unpaired) electrons. The Balaban J connectivity index is 2.08. The molecule has 5 heteroatoms. The van der Waals surface area contributed by atoms with Gasteiger partial charge in [-0.3, -0.25) is 9.59 Å². The first-order valence-electron chi connectivity index (χ1n) is 8.81. The second-order valence-electron chi connectivity index (χ2n) is 6.68. The Hall–Kier alpha value is -1.88. The van der Waals surface area contributed by atoms with E-state index in [-0.39, 0.29) is 36.4 Å². The Labute approximate surface area is 144 Å². The molecule has 0 aromatic heterocycles. The number of rotatable bonds is 7. The number of hydrogen-bond acceptors (Lipinski definition) is 3. The summed E-state index contributed by atoms with van der Waals surface area (Å²) in [5.74, 6) is -0.148. The first-order chi connectivity index (χ1) is 11.5. The number of benzene rings is 1. The minimum atomic E-state index is -0.375. The topological polar surface area (TPSA) is 69.6 Å². The number of aliphatic hydroxyl groups is 1. The predicted octanol–water partition coefficient (Wildman–Crippen LogP) is 2.26. The van der Waals surface area contributed by atoms with Gasteiger partial charge in [0.25, 0.3) is 0 Å². The van der Waals surface area contributed by atoms with E-state index in [9.17, 15) is 9.59 Å². The summed E-state index contributed by atoms with van der Waals surface area (Å²) in [6, 6.07) is 9.27. The lowest BCUT2D eigenvalue weighted by Crippen LogP contribution is -2.48. The highest BCUT2D eigenvalue weighted by atomic mass is 16.3. The van der Waals surface area contributed by atoms with Crippen LogP contribution in [-0.2, 0) is 9.59 Å². The van der Waals surface area contributed by atoms with Crippen molar-refractivity contribution in [1.29, 1.82) is 0 Å². The number of nitrogens with one attached hydrogen (secondary N) is 1. The molecule has 1 saturated heterocycles. The second kappa shape index (κ2) is 8.83. The van der Waals surface area contributed by atoms with Gasteiger partial charge in [0.2, 0.25) is 11.8 Å². The Morgan fingerprint density at radius 2 is 2.00 bits per heavy atom. The third-order valence-electron chi connectivity index (χ3n) is 4.50. The van der Waals surface area contributed by atoms with E-state index in [1.807, 2.05) is 44.2 Å². The molecule has 1 aliphatic rings. The number of carbonyl (C=O) groups is 2. The van der Waals surface area contributed by atoms with Crippen LogP contribution in [0.25, 0.3) is 0 Å². The molecule has 132 valence electrons. The van der Waals surface area contributed by atoms with Crippen LogP contribution in [0.4, 0.5) is 0 Å². The Kier molecular flexibility index (Phi) is 6.79. The van der Waals surface area contributed by atoms with Gasteiger partial charge < -0.3 is 15.3 Å². The van der Waals surface area contributed by atoms with Gasteiger partial charge >= 0.3 is 0 Å². The van der Waals surface area contributed by atoms with Crippen LogP contribution in [0, 0.1) is 5.92 Å². The van der Waals surface area contributed by atoms with Gasteiger partial charge in [-0.05, 0) is 31.2 Å². The summed E-state index contributed by atoms with van der Waals surface area (Å²) in [5, 5.41) is 12.2. The lowest BCUT2D eigenvalue weighted by molar-refractivity contribution is -0.141. The number of hydrogen-bond donors (Lipinski definition) is 2. The molecular formula is C19H28N2O3. The van der Waals surface area contributed by atoms with Crippen molar-refractivity contribution >= 4 is 11.8 Å². The molecule has 1 fully saturated rings. The lowest BCUT2D eigenvalue weighted by Gasteiger charge is -2.28. The summed E-state index contributed by atoms with van der Waals surface area (Å²) in [6.45, 7) is 4.48. The van der Waals surface area contributed by atoms with Gasteiger partial charge in [-0.2, -0.15) is 0 Å². The van der Waals surface area contributed by atoms with Crippen LogP contribution in [0.5, 0.6) is 0 Å². The van der Waals surface area contributed by atoms with Crippen molar-refractivity contribution in [2.45, 2.75) is 51.6 Å². The van der Waals surface area contributed by atoms with Gasteiger partial charge in [0, 0.05) is 19.1 Å². The fourth-order valence-corrected chi connectivity index (χ4v) is 3.21. The van der Waals surface area contributed by atoms with Crippen molar-refractivity contribution < 1.29 is 14.7 Å². The van der Waals surface area contributed by atoms with E-state index in [4.69, 9.17) is 5.11 Å². The molecule has 2 rings (SSSR count). The van der Waals surface area contributed by atoms with Crippen molar-refractivity contribution in [1.82, 2.24) is 10.2 Å². The summed E-state index contributed by atoms with van der Waals surface area (Å²) in [6.07, 6.45) is 2.88. The van der Waals surface area contributed by atoms with E-state index in [2.05, 4.69) is 5.32 Å². The fourth-order valence-electron chi connectivity index (χ4n) is 3.21. The average molecular weight is 332 g/mol. The molecule has 2 amide bonds. The molecule has 1 aliphatic heterocycles. The van der Waals surface area contributed by atoms with Crippen LogP contribution in [0.3, 0.4) is 0 Å². The normalized spacial score (nSPS) is 18.7. The molecule has 1 aromatic rings. The largest absolute Gasteiger partial charge is 0.396 e. The standard InChI is InChI=1S/C19H28N2O3/c1-14(2)19(24)21-12-6-11-17(21)18(23)20-16(10-7-13-22)15-8-4-3-5-9-15/h3-5,8-9,14,16-17,22H,6-7,10-13H2,1-2H3,(H,20,23). The molecule has 2 unspecified atom stereocenters. The number of amides is 2. The van der Waals surface area contributed by atoms with Crippen LogP contribution in [0.1, 0.15) is 51.1 Å². The van der Waals surface area contributed by atoms with Crippen LogP contribution in [0.15, 0.2) is 30.3 Å². The lowest BCUT2D eigenvalue weighted by atomic mass is 10.0. The third-order valence-corrected chi connectivity index (χ3v) is 4.50. The van der Waals surface area contributed by atoms with E-state index in [1.165, 1.54) is 0 Å². The van der Waals surface area contributed by atoms with Gasteiger partial charge in [-0.25, -0.2) is 0 Å². The summed E-state index contributed by atoms with van der Waals surface area (Å²) in [7, 11) is 0. The van der Waals surface area contributed by atoms with Crippen molar-refractivity contribution in [2.24, 2.45) is 5.92 Å². The number of likely N-dealkylation sites (tertiary alicyclic amines) is 1. The summed E-state index contributed by atoms with van der Waals surface area (Å²) in [5.41, 5.74) is 1.03. The number of carbonyl (C=O) groups excluding carboxylic acids is 2. The fraction of sp³-hybridized carbons (Fsp3) is 0.579. The smallest absolute Gasteiger partial charge is 0.243 e. The molecule has 0 aliphatic carbocycles.